The Balaban J connectivity index is 0.00000676. The number of para-hydroxylation sites is 1. The number of benzene rings is 1. The summed E-state index contributed by atoms with van der Waals surface area (Å²) in [6.07, 6.45) is -4.45. The molecule has 1 aromatic carbocycles. The molecule has 154 valence electrons. The molecule has 0 aliphatic rings. The lowest BCUT2D eigenvalue weighted by molar-refractivity contribution is -0.157. The van der Waals surface area contributed by atoms with Crippen molar-refractivity contribution in [2.75, 3.05) is 47.4 Å². The number of aliphatic imine (C=N–C) groups is 1. The van der Waals surface area contributed by atoms with Gasteiger partial charge in [0.25, 0.3) is 0 Å². The molecule has 0 radical (unpaired) electrons. The maximum atomic E-state index is 13.4. The van der Waals surface area contributed by atoms with Gasteiger partial charge in [0, 0.05) is 21.1 Å². The highest BCUT2D eigenvalue weighted by Crippen LogP contribution is 2.16. The first-order valence-corrected chi connectivity index (χ1v) is 7.74. The van der Waals surface area contributed by atoms with Crippen LogP contribution in [-0.2, 0) is 4.79 Å². The Morgan fingerprint density at radius 2 is 1.85 bits per heavy atom. The summed E-state index contributed by atoms with van der Waals surface area (Å²) in [4.78, 5) is 17.9. The summed E-state index contributed by atoms with van der Waals surface area (Å²) in [6.45, 7) is -1.18. The van der Waals surface area contributed by atoms with Crippen LogP contribution in [0, 0.1) is 5.82 Å². The van der Waals surface area contributed by atoms with Gasteiger partial charge in [0.05, 0.1) is 13.1 Å². The van der Waals surface area contributed by atoms with Crippen LogP contribution in [0.1, 0.15) is 0 Å². The number of carbonyl (C=O) groups is 1. The average molecular weight is 506 g/mol. The summed E-state index contributed by atoms with van der Waals surface area (Å²) in [5.74, 6) is -0.779. The van der Waals surface area contributed by atoms with E-state index in [1.165, 1.54) is 19.2 Å². The van der Waals surface area contributed by atoms with E-state index in [9.17, 15) is 22.4 Å². The molecule has 0 aliphatic carbocycles. The number of hydrogen-bond donors (Lipinski definition) is 1. The van der Waals surface area contributed by atoms with E-state index in [4.69, 9.17) is 4.74 Å². The predicted octanol–water partition coefficient (Wildman–Crippen LogP) is 2.35. The zero-order valence-corrected chi connectivity index (χ0v) is 17.5. The van der Waals surface area contributed by atoms with Gasteiger partial charge in [-0.1, -0.05) is 12.1 Å². The van der Waals surface area contributed by atoms with Crippen LogP contribution in [0.4, 0.5) is 17.6 Å². The molecular weight excluding hydrogens is 483 g/mol. The lowest BCUT2D eigenvalue weighted by Crippen LogP contribution is -2.46. The Kier molecular flexibility index (Phi) is 11.0. The molecule has 0 unspecified atom stereocenters. The van der Waals surface area contributed by atoms with Gasteiger partial charge in [-0.05, 0) is 12.1 Å². The quantitative estimate of drug-likeness (QED) is 0.267. The summed E-state index contributed by atoms with van der Waals surface area (Å²) in [5, 5.41) is 2.68. The summed E-state index contributed by atoms with van der Waals surface area (Å²) in [6, 6.07) is 5.97. The molecular formula is C16H23F4IN4O2. The number of carbonyl (C=O) groups excluding carboxylic acids is 1. The minimum atomic E-state index is -4.45. The molecule has 6 nitrogen and oxygen atoms in total. The van der Waals surface area contributed by atoms with Gasteiger partial charge in [-0.3, -0.25) is 9.79 Å². The van der Waals surface area contributed by atoms with Crippen molar-refractivity contribution in [3.05, 3.63) is 30.1 Å². The summed E-state index contributed by atoms with van der Waals surface area (Å²) in [7, 11) is 4.20. The fourth-order valence-electron chi connectivity index (χ4n) is 1.99. The fraction of sp³-hybridized carbons (Fsp3) is 0.500. The molecule has 0 aliphatic heterocycles. The predicted molar refractivity (Wildman–Crippen MR) is 105 cm³/mol. The number of likely N-dealkylation sites (N-methyl/N-ethyl adjacent to an activating group) is 2. The van der Waals surface area contributed by atoms with Crippen LogP contribution in [0.2, 0.25) is 0 Å². The number of alkyl halides is 3. The molecule has 0 saturated carbocycles. The molecule has 0 heterocycles. The topological polar surface area (TPSA) is 57.2 Å². The number of halogens is 5. The number of amides is 1. The molecule has 27 heavy (non-hydrogen) atoms. The smallest absolute Gasteiger partial charge is 0.406 e. The fourth-order valence-corrected chi connectivity index (χ4v) is 1.99. The first-order valence-electron chi connectivity index (χ1n) is 7.74. The monoisotopic (exact) mass is 506 g/mol. The van der Waals surface area contributed by atoms with Crippen LogP contribution in [0.15, 0.2) is 29.3 Å². The number of ether oxygens (including phenoxy) is 1. The van der Waals surface area contributed by atoms with Crippen LogP contribution in [-0.4, -0.2) is 75.2 Å². The van der Waals surface area contributed by atoms with Crippen molar-refractivity contribution in [3.8, 4) is 5.75 Å². The molecule has 0 bridgehead atoms. The van der Waals surface area contributed by atoms with Crippen molar-refractivity contribution in [1.82, 2.24) is 15.1 Å². The molecule has 0 aromatic heterocycles. The van der Waals surface area contributed by atoms with Gasteiger partial charge in [-0.15, -0.1) is 24.0 Å². The van der Waals surface area contributed by atoms with E-state index in [0.717, 1.165) is 7.05 Å². The zero-order chi connectivity index (χ0) is 19.7. The lowest BCUT2D eigenvalue weighted by Gasteiger charge is -2.24. The van der Waals surface area contributed by atoms with Gasteiger partial charge in [0.15, 0.2) is 17.5 Å². The van der Waals surface area contributed by atoms with E-state index < -0.39 is 24.4 Å². The molecule has 0 fully saturated rings. The van der Waals surface area contributed by atoms with Gasteiger partial charge < -0.3 is 19.9 Å². The van der Waals surface area contributed by atoms with Crippen molar-refractivity contribution < 1.29 is 27.1 Å². The standard InChI is InChI=1S/C16H22F4N4O2.HI/c1-21-15(22-10-14(25)24(3)11-16(18,19)20)23(2)8-9-26-13-7-5-4-6-12(13)17;/h4-7H,8-11H2,1-3H3,(H,21,22);1H. The molecule has 0 spiro atoms. The Hall–Kier alpha value is -1.79. The van der Waals surface area contributed by atoms with E-state index in [-0.39, 0.29) is 42.9 Å². The van der Waals surface area contributed by atoms with Crippen molar-refractivity contribution in [2.24, 2.45) is 4.99 Å². The number of rotatable bonds is 7. The zero-order valence-electron chi connectivity index (χ0n) is 15.2. The first-order chi connectivity index (χ1) is 12.1. The minimum absolute atomic E-state index is 0. The third kappa shape index (κ3) is 9.63. The van der Waals surface area contributed by atoms with Gasteiger partial charge in [0.2, 0.25) is 5.91 Å². The molecule has 1 aromatic rings. The van der Waals surface area contributed by atoms with Crippen LogP contribution >= 0.6 is 24.0 Å². The van der Waals surface area contributed by atoms with E-state index in [0.29, 0.717) is 17.4 Å². The van der Waals surface area contributed by atoms with E-state index in [1.807, 2.05) is 0 Å². The van der Waals surface area contributed by atoms with Gasteiger partial charge >= 0.3 is 6.18 Å². The van der Waals surface area contributed by atoms with Crippen molar-refractivity contribution in [3.63, 3.8) is 0 Å². The first kappa shape index (κ1) is 25.2. The third-order valence-corrected chi connectivity index (χ3v) is 3.33. The van der Waals surface area contributed by atoms with E-state index in [1.54, 1.807) is 24.1 Å². The van der Waals surface area contributed by atoms with Crippen LogP contribution in [0.25, 0.3) is 0 Å². The number of nitrogens with zero attached hydrogens (tertiary/aromatic N) is 3. The van der Waals surface area contributed by atoms with Gasteiger partial charge in [0.1, 0.15) is 13.2 Å². The molecule has 0 atom stereocenters. The van der Waals surface area contributed by atoms with E-state index >= 15 is 0 Å². The van der Waals surface area contributed by atoms with E-state index in [2.05, 4.69) is 10.3 Å². The van der Waals surface area contributed by atoms with Gasteiger partial charge in [-0.25, -0.2) is 4.39 Å². The second kappa shape index (κ2) is 11.8. The third-order valence-electron chi connectivity index (χ3n) is 3.33. The van der Waals surface area contributed by atoms with Crippen molar-refractivity contribution >= 4 is 35.8 Å². The average Bonchev–Trinajstić information content (AvgIpc) is 2.55. The van der Waals surface area contributed by atoms with Crippen LogP contribution < -0.4 is 10.1 Å². The molecule has 11 heteroatoms. The maximum absolute atomic E-state index is 13.4. The second-order valence-electron chi connectivity index (χ2n) is 5.47. The van der Waals surface area contributed by atoms with Gasteiger partial charge in [-0.2, -0.15) is 13.2 Å². The number of hydrogen-bond acceptors (Lipinski definition) is 3. The Labute approximate surface area is 172 Å². The highest BCUT2D eigenvalue weighted by Gasteiger charge is 2.31. The molecule has 0 saturated heterocycles. The Morgan fingerprint density at radius 1 is 1.22 bits per heavy atom. The normalized spacial score (nSPS) is 11.4. The van der Waals surface area contributed by atoms with Crippen molar-refractivity contribution in [2.45, 2.75) is 6.18 Å². The molecule has 1 N–H and O–H groups in total. The lowest BCUT2D eigenvalue weighted by atomic mass is 10.3. The summed E-state index contributed by atoms with van der Waals surface area (Å²) < 4.78 is 55.6. The van der Waals surface area contributed by atoms with Crippen LogP contribution in [0.3, 0.4) is 0 Å². The SMILES string of the molecule is CN=C(NCC(=O)N(C)CC(F)(F)F)N(C)CCOc1ccccc1F.I. The summed E-state index contributed by atoms with van der Waals surface area (Å²) in [5.41, 5.74) is 0. The second-order valence-corrected chi connectivity index (χ2v) is 5.47. The summed E-state index contributed by atoms with van der Waals surface area (Å²) >= 11 is 0. The Bertz CT molecular complexity index is 629. The molecule has 1 amide bonds. The highest BCUT2D eigenvalue weighted by molar-refractivity contribution is 14.0. The maximum Gasteiger partial charge on any atom is 0.406 e. The number of nitrogens with one attached hydrogen (secondary N) is 1. The highest BCUT2D eigenvalue weighted by atomic mass is 127. The largest absolute Gasteiger partial charge is 0.489 e. The van der Waals surface area contributed by atoms with Crippen molar-refractivity contribution in [1.29, 1.82) is 0 Å². The Morgan fingerprint density at radius 3 is 2.41 bits per heavy atom. The molecule has 1 rings (SSSR count). The van der Waals surface area contributed by atoms with Crippen LogP contribution in [0.5, 0.6) is 5.75 Å². The minimum Gasteiger partial charge on any atom is -0.489 e. The number of guanidine groups is 1.